The minimum Gasteiger partial charge on any atom is -0.381 e. The first-order valence-corrected chi connectivity index (χ1v) is 6.25. The zero-order chi connectivity index (χ0) is 10.6. The molecule has 0 aromatic carbocycles. The molecule has 0 radical (unpaired) electrons. The van der Waals surface area contributed by atoms with Crippen LogP contribution in [0.15, 0.2) is 0 Å². The van der Waals surface area contributed by atoms with E-state index in [0.29, 0.717) is 11.5 Å². The molecule has 1 aliphatic heterocycles. The van der Waals surface area contributed by atoms with E-state index in [4.69, 9.17) is 9.47 Å². The van der Waals surface area contributed by atoms with E-state index in [1.165, 1.54) is 12.8 Å². The van der Waals surface area contributed by atoms with Crippen molar-refractivity contribution in [2.75, 3.05) is 32.9 Å². The fourth-order valence-corrected chi connectivity index (χ4v) is 2.08. The molecule has 2 aliphatic rings. The van der Waals surface area contributed by atoms with Crippen molar-refractivity contribution in [3.05, 3.63) is 0 Å². The number of ether oxygens (including phenoxy) is 2. The largest absolute Gasteiger partial charge is 0.381 e. The van der Waals surface area contributed by atoms with Gasteiger partial charge in [-0.3, -0.25) is 0 Å². The van der Waals surface area contributed by atoms with Crippen LogP contribution in [0.2, 0.25) is 0 Å². The standard InChI is InChI=1S/C12H23NO2/c1-2-13-9-12(5-6-12)10-15-11-3-7-14-8-4-11/h11,13H,2-10H2,1H3. The van der Waals surface area contributed by atoms with Crippen LogP contribution < -0.4 is 5.32 Å². The number of rotatable bonds is 6. The predicted molar refractivity (Wildman–Crippen MR) is 60.0 cm³/mol. The van der Waals surface area contributed by atoms with Crippen LogP contribution in [-0.2, 0) is 9.47 Å². The lowest BCUT2D eigenvalue weighted by Crippen LogP contribution is -2.31. The number of hydrogen-bond donors (Lipinski definition) is 1. The van der Waals surface area contributed by atoms with E-state index in [1.807, 2.05) is 0 Å². The van der Waals surface area contributed by atoms with E-state index in [0.717, 1.165) is 45.8 Å². The molecule has 0 aromatic rings. The van der Waals surface area contributed by atoms with Crippen LogP contribution in [0.25, 0.3) is 0 Å². The summed E-state index contributed by atoms with van der Waals surface area (Å²) in [6.07, 6.45) is 5.29. The Morgan fingerprint density at radius 1 is 1.33 bits per heavy atom. The summed E-state index contributed by atoms with van der Waals surface area (Å²) in [6, 6.07) is 0. The Morgan fingerprint density at radius 2 is 2.07 bits per heavy atom. The summed E-state index contributed by atoms with van der Waals surface area (Å²) in [4.78, 5) is 0. The average Bonchev–Trinajstić information content (AvgIpc) is 3.06. The lowest BCUT2D eigenvalue weighted by molar-refractivity contribution is -0.0460. The molecule has 1 heterocycles. The molecule has 3 nitrogen and oxygen atoms in total. The first-order valence-electron chi connectivity index (χ1n) is 6.25. The highest BCUT2D eigenvalue weighted by molar-refractivity contribution is 4.95. The van der Waals surface area contributed by atoms with Gasteiger partial charge in [0.2, 0.25) is 0 Å². The molecule has 1 aliphatic carbocycles. The lowest BCUT2D eigenvalue weighted by atomic mass is 10.1. The third-order valence-corrected chi connectivity index (χ3v) is 3.50. The fraction of sp³-hybridized carbons (Fsp3) is 1.00. The Morgan fingerprint density at radius 3 is 2.67 bits per heavy atom. The minimum atomic E-state index is 0.456. The van der Waals surface area contributed by atoms with Gasteiger partial charge in [0.1, 0.15) is 0 Å². The zero-order valence-electron chi connectivity index (χ0n) is 9.76. The van der Waals surface area contributed by atoms with E-state index < -0.39 is 0 Å². The van der Waals surface area contributed by atoms with Crippen molar-refractivity contribution in [1.82, 2.24) is 5.32 Å². The van der Waals surface area contributed by atoms with Crippen LogP contribution in [-0.4, -0.2) is 39.0 Å². The van der Waals surface area contributed by atoms with Crippen molar-refractivity contribution in [1.29, 1.82) is 0 Å². The molecule has 0 atom stereocenters. The van der Waals surface area contributed by atoms with Crippen molar-refractivity contribution in [3.8, 4) is 0 Å². The highest BCUT2D eigenvalue weighted by atomic mass is 16.5. The van der Waals surface area contributed by atoms with Gasteiger partial charge in [0, 0.05) is 25.2 Å². The zero-order valence-corrected chi connectivity index (χ0v) is 9.76. The van der Waals surface area contributed by atoms with Gasteiger partial charge in [-0.2, -0.15) is 0 Å². The van der Waals surface area contributed by atoms with Gasteiger partial charge in [-0.25, -0.2) is 0 Å². The van der Waals surface area contributed by atoms with Gasteiger partial charge in [0.15, 0.2) is 0 Å². The number of hydrogen-bond acceptors (Lipinski definition) is 3. The summed E-state index contributed by atoms with van der Waals surface area (Å²) < 4.78 is 11.3. The smallest absolute Gasteiger partial charge is 0.0619 e. The summed E-state index contributed by atoms with van der Waals surface area (Å²) in [6.45, 7) is 7.07. The molecule has 0 bridgehead atoms. The van der Waals surface area contributed by atoms with E-state index in [-0.39, 0.29) is 0 Å². The lowest BCUT2D eigenvalue weighted by Gasteiger charge is -2.25. The maximum Gasteiger partial charge on any atom is 0.0619 e. The molecule has 3 heteroatoms. The van der Waals surface area contributed by atoms with E-state index in [9.17, 15) is 0 Å². The molecule has 0 aromatic heterocycles. The maximum atomic E-state index is 5.99. The quantitative estimate of drug-likeness (QED) is 0.726. The molecule has 0 amide bonds. The molecule has 0 unspecified atom stereocenters. The Hall–Kier alpha value is -0.120. The van der Waals surface area contributed by atoms with E-state index >= 15 is 0 Å². The number of nitrogens with one attached hydrogen (secondary N) is 1. The van der Waals surface area contributed by atoms with Gasteiger partial charge < -0.3 is 14.8 Å². The molecule has 2 fully saturated rings. The monoisotopic (exact) mass is 213 g/mol. The minimum absolute atomic E-state index is 0.456. The summed E-state index contributed by atoms with van der Waals surface area (Å²) in [7, 11) is 0. The third kappa shape index (κ3) is 3.44. The van der Waals surface area contributed by atoms with Gasteiger partial charge in [-0.1, -0.05) is 6.92 Å². The summed E-state index contributed by atoms with van der Waals surface area (Å²) in [5, 5.41) is 3.43. The first kappa shape index (κ1) is 11.4. The second-order valence-corrected chi connectivity index (χ2v) is 4.90. The first-order chi connectivity index (χ1) is 7.35. The molecule has 1 N–H and O–H groups in total. The maximum absolute atomic E-state index is 5.99. The molecule has 2 rings (SSSR count). The summed E-state index contributed by atoms with van der Waals surface area (Å²) in [5.74, 6) is 0. The Labute approximate surface area is 92.5 Å². The van der Waals surface area contributed by atoms with Crippen LogP contribution >= 0.6 is 0 Å². The fourth-order valence-electron chi connectivity index (χ4n) is 2.08. The van der Waals surface area contributed by atoms with Gasteiger partial charge in [0.25, 0.3) is 0 Å². The van der Waals surface area contributed by atoms with Crippen molar-refractivity contribution in [2.24, 2.45) is 5.41 Å². The van der Waals surface area contributed by atoms with Crippen LogP contribution in [0, 0.1) is 5.41 Å². The highest BCUT2D eigenvalue weighted by Crippen LogP contribution is 2.45. The average molecular weight is 213 g/mol. The molecular formula is C12H23NO2. The topological polar surface area (TPSA) is 30.5 Å². The molecule has 15 heavy (non-hydrogen) atoms. The van der Waals surface area contributed by atoms with Crippen molar-refractivity contribution < 1.29 is 9.47 Å². The molecule has 1 saturated heterocycles. The summed E-state index contributed by atoms with van der Waals surface area (Å²) >= 11 is 0. The van der Waals surface area contributed by atoms with Crippen molar-refractivity contribution >= 4 is 0 Å². The van der Waals surface area contributed by atoms with Gasteiger partial charge >= 0.3 is 0 Å². The second-order valence-electron chi connectivity index (χ2n) is 4.90. The normalized spacial score (nSPS) is 25.4. The molecular weight excluding hydrogens is 190 g/mol. The van der Waals surface area contributed by atoms with Gasteiger partial charge in [-0.05, 0) is 32.2 Å². The van der Waals surface area contributed by atoms with Crippen molar-refractivity contribution in [3.63, 3.8) is 0 Å². The SMILES string of the molecule is CCNCC1(COC2CCOCC2)CC1. The molecule has 1 saturated carbocycles. The molecule has 88 valence electrons. The summed E-state index contributed by atoms with van der Waals surface area (Å²) in [5.41, 5.74) is 0.480. The Kier molecular flexibility index (Phi) is 4.00. The third-order valence-electron chi connectivity index (χ3n) is 3.50. The van der Waals surface area contributed by atoms with E-state index in [1.54, 1.807) is 0 Å². The van der Waals surface area contributed by atoms with Crippen LogP contribution in [0.3, 0.4) is 0 Å². The highest BCUT2D eigenvalue weighted by Gasteiger charge is 2.42. The van der Waals surface area contributed by atoms with Crippen LogP contribution in [0.4, 0.5) is 0 Å². The van der Waals surface area contributed by atoms with Crippen LogP contribution in [0.5, 0.6) is 0 Å². The van der Waals surface area contributed by atoms with Crippen molar-refractivity contribution in [2.45, 2.75) is 38.7 Å². The second kappa shape index (κ2) is 5.28. The molecule has 0 spiro atoms. The Balaban J connectivity index is 1.63. The van der Waals surface area contributed by atoms with Gasteiger partial charge in [0.05, 0.1) is 12.7 Å². The van der Waals surface area contributed by atoms with Crippen LogP contribution in [0.1, 0.15) is 32.6 Å². The predicted octanol–water partition coefficient (Wildman–Crippen LogP) is 1.57. The van der Waals surface area contributed by atoms with Gasteiger partial charge in [-0.15, -0.1) is 0 Å². The Bertz CT molecular complexity index is 186. The van der Waals surface area contributed by atoms with E-state index in [2.05, 4.69) is 12.2 Å².